The first-order valence-electron chi connectivity index (χ1n) is 10.9. The molecular weight excluding hydrogens is 437 g/mol. The fraction of sp³-hybridized carbons (Fsp3) is 0.179. The van der Waals surface area contributed by atoms with Crippen molar-refractivity contribution in [3.05, 3.63) is 131 Å². The summed E-state index contributed by atoms with van der Waals surface area (Å²) in [5, 5.41) is 3.58. The van der Waals surface area contributed by atoms with E-state index in [1.54, 1.807) is 25.4 Å². The molecule has 0 saturated heterocycles. The first kappa shape index (κ1) is 23.5. The maximum absolute atomic E-state index is 13.7. The SMILES string of the molecule is COc1ccc(CNC(Cc2ccccc2)(c2cccc(C(F)(F)F)c2)c2ccccn2)cc1. The molecule has 0 fully saturated rings. The number of halogens is 3. The first-order chi connectivity index (χ1) is 16.4. The molecule has 0 saturated carbocycles. The van der Waals surface area contributed by atoms with E-state index in [9.17, 15) is 13.2 Å². The molecule has 4 rings (SSSR count). The lowest BCUT2D eigenvalue weighted by Crippen LogP contribution is -2.46. The largest absolute Gasteiger partial charge is 0.497 e. The zero-order valence-electron chi connectivity index (χ0n) is 18.7. The predicted molar refractivity (Wildman–Crippen MR) is 126 cm³/mol. The maximum Gasteiger partial charge on any atom is 0.416 e. The third-order valence-corrected chi connectivity index (χ3v) is 5.85. The Morgan fingerprint density at radius 1 is 0.765 bits per heavy atom. The lowest BCUT2D eigenvalue weighted by molar-refractivity contribution is -0.137. The number of nitrogens with one attached hydrogen (secondary N) is 1. The van der Waals surface area contributed by atoms with Gasteiger partial charge in [0.25, 0.3) is 0 Å². The fourth-order valence-electron chi connectivity index (χ4n) is 4.07. The molecule has 0 aliphatic rings. The molecule has 34 heavy (non-hydrogen) atoms. The molecule has 0 aliphatic heterocycles. The van der Waals surface area contributed by atoms with Crippen LogP contribution in [-0.2, 0) is 24.7 Å². The minimum atomic E-state index is -4.45. The average Bonchev–Trinajstić information content (AvgIpc) is 2.87. The summed E-state index contributed by atoms with van der Waals surface area (Å²) in [4.78, 5) is 4.59. The Morgan fingerprint density at radius 2 is 1.47 bits per heavy atom. The van der Waals surface area contributed by atoms with Gasteiger partial charge in [-0.25, -0.2) is 0 Å². The lowest BCUT2D eigenvalue weighted by atomic mass is 9.79. The normalized spacial score (nSPS) is 13.3. The maximum atomic E-state index is 13.7. The van der Waals surface area contributed by atoms with Crippen LogP contribution in [0.4, 0.5) is 13.2 Å². The molecule has 1 N–H and O–H groups in total. The molecule has 0 spiro atoms. The quantitative estimate of drug-likeness (QED) is 0.330. The minimum Gasteiger partial charge on any atom is -0.497 e. The summed E-state index contributed by atoms with van der Waals surface area (Å²) in [6.07, 6.45) is -2.37. The second-order valence-corrected chi connectivity index (χ2v) is 8.06. The van der Waals surface area contributed by atoms with Gasteiger partial charge in [-0.05, 0) is 53.1 Å². The highest BCUT2D eigenvalue weighted by molar-refractivity contribution is 5.41. The zero-order valence-corrected chi connectivity index (χ0v) is 18.7. The van der Waals surface area contributed by atoms with Gasteiger partial charge in [-0.15, -0.1) is 0 Å². The molecule has 6 heteroatoms. The van der Waals surface area contributed by atoms with Crippen molar-refractivity contribution in [2.45, 2.75) is 24.7 Å². The van der Waals surface area contributed by atoms with Crippen molar-refractivity contribution < 1.29 is 17.9 Å². The Hall–Kier alpha value is -3.64. The molecule has 3 nitrogen and oxygen atoms in total. The van der Waals surface area contributed by atoms with Gasteiger partial charge < -0.3 is 4.74 Å². The summed E-state index contributed by atoms with van der Waals surface area (Å²) in [5.74, 6) is 0.738. The molecular formula is C28H25F3N2O. The van der Waals surface area contributed by atoms with Crippen LogP contribution in [0.25, 0.3) is 0 Å². The second kappa shape index (κ2) is 10.1. The molecule has 0 amide bonds. The number of alkyl halides is 3. The van der Waals surface area contributed by atoms with Gasteiger partial charge in [0, 0.05) is 19.2 Å². The summed E-state index contributed by atoms with van der Waals surface area (Å²) < 4.78 is 46.2. The summed E-state index contributed by atoms with van der Waals surface area (Å²) in [5.41, 5.74) is 1.41. The van der Waals surface area contributed by atoms with Crippen molar-refractivity contribution in [1.82, 2.24) is 10.3 Å². The Bertz CT molecular complexity index is 1200. The van der Waals surface area contributed by atoms with Gasteiger partial charge >= 0.3 is 6.18 Å². The predicted octanol–water partition coefficient (Wildman–Crippen LogP) is 6.39. The number of nitrogens with zero attached hydrogens (tertiary/aromatic N) is 1. The van der Waals surface area contributed by atoms with Crippen molar-refractivity contribution in [2.75, 3.05) is 7.11 Å². The van der Waals surface area contributed by atoms with Gasteiger partial charge in [0.2, 0.25) is 0 Å². The summed E-state index contributed by atoms with van der Waals surface area (Å²) in [6, 6.07) is 28.3. The molecule has 174 valence electrons. The number of ether oxygens (including phenoxy) is 1. The standard InChI is InChI=1S/C28H25F3N2O/c1-34-25-15-13-22(14-16-25)20-33-27(26-12-5-6-17-32-26,19-21-8-3-2-4-9-21)23-10-7-11-24(18-23)28(29,30)31/h2-18,33H,19-20H2,1H3. The Balaban J connectivity index is 1.84. The van der Waals surface area contributed by atoms with E-state index in [0.29, 0.717) is 24.2 Å². The molecule has 0 radical (unpaired) electrons. The fourth-order valence-corrected chi connectivity index (χ4v) is 4.07. The Labute approximate surface area is 197 Å². The average molecular weight is 463 g/mol. The number of pyridine rings is 1. The summed E-state index contributed by atoms with van der Waals surface area (Å²) in [6.45, 7) is 0.420. The third kappa shape index (κ3) is 5.29. The van der Waals surface area contributed by atoms with Crippen molar-refractivity contribution >= 4 is 0 Å². The Morgan fingerprint density at radius 3 is 2.12 bits per heavy atom. The number of methoxy groups -OCH3 is 1. The van der Waals surface area contributed by atoms with E-state index in [-0.39, 0.29) is 0 Å². The van der Waals surface area contributed by atoms with Crippen LogP contribution < -0.4 is 10.1 Å². The Kier molecular flexibility index (Phi) is 6.98. The molecule has 1 atom stereocenters. The van der Waals surface area contributed by atoms with Gasteiger partial charge in [0.05, 0.1) is 23.9 Å². The van der Waals surface area contributed by atoms with E-state index >= 15 is 0 Å². The van der Waals surface area contributed by atoms with E-state index in [2.05, 4.69) is 10.3 Å². The van der Waals surface area contributed by atoms with E-state index in [1.807, 2.05) is 66.7 Å². The molecule has 1 aromatic heterocycles. The molecule has 3 aromatic carbocycles. The van der Waals surface area contributed by atoms with Gasteiger partial charge in [-0.3, -0.25) is 10.3 Å². The number of hydrogen-bond donors (Lipinski definition) is 1. The number of aromatic nitrogens is 1. The number of benzene rings is 3. The van der Waals surface area contributed by atoms with Crippen LogP contribution in [0.2, 0.25) is 0 Å². The van der Waals surface area contributed by atoms with Crippen LogP contribution >= 0.6 is 0 Å². The van der Waals surface area contributed by atoms with Crippen LogP contribution in [0.3, 0.4) is 0 Å². The molecule has 1 heterocycles. The first-order valence-corrected chi connectivity index (χ1v) is 10.9. The van der Waals surface area contributed by atoms with Crippen molar-refractivity contribution in [3.63, 3.8) is 0 Å². The van der Waals surface area contributed by atoms with Gasteiger partial charge in [0.15, 0.2) is 0 Å². The lowest BCUT2D eigenvalue weighted by Gasteiger charge is -2.36. The van der Waals surface area contributed by atoms with Gasteiger partial charge in [0.1, 0.15) is 5.75 Å². The smallest absolute Gasteiger partial charge is 0.416 e. The monoisotopic (exact) mass is 462 g/mol. The van der Waals surface area contributed by atoms with Crippen LogP contribution in [0.1, 0.15) is 27.9 Å². The van der Waals surface area contributed by atoms with Crippen molar-refractivity contribution in [1.29, 1.82) is 0 Å². The summed E-state index contributed by atoms with van der Waals surface area (Å²) in [7, 11) is 1.60. The van der Waals surface area contributed by atoms with Crippen LogP contribution in [0, 0.1) is 0 Å². The van der Waals surface area contributed by atoms with Gasteiger partial charge in [-0.1, -0.05) is 60.7 Å². The van der Waals surface area contributed by atoms with E-state index < -0.39 is 17.3 Å². The highest BCUT2D eigenvalue weighted by atomic mass is 19.4. The molecule has 0 aliphatic carbocycles. The summed E-state index contributed by atoms with van der Waals surface area (Å²) >= 11 is 0. The van der Waals surface area contributed by atoms with E-state index in [4.69, 9.17) is 4.74 Å². The van der Waals surface area contributed by atoms with Crippen molar-refractivity contribution in [3.8, 4) is 5.75 Å². The van der Waals surface area contributed by atoms with Crippen LogP contribution in [-0.4, -0.2) is 12.1 Å². The van der Waals surface area contributed by atoms with Crippen LogP contribution in [0.15, 0.2) is 103 Å². The molecule has 4 aromatic rings. The van der Waals surface area contributed by atoms with Gasteiger partial charge in [-0.2, -0.15) is 13.2 Å². The second-order valence-electron chi connectivity index (χ2n) is 8.06. The third-order valence-electron chi connectivity index (χ3n) is 5.85. The molecule has 0 bridgehead atoms. The van der Waals surface area contributed by atoms with Crippen molar-refractivity contribution in [2.24, 2.45) is 0 Å². The van der Waals surface area contributed by atoms with Crippen LogP contribution in [0.5, 0.6) is 5.75 Å². The zero-order chi connectivity index (χ0) is 24.0. The van der Waals surface area contributed by atoms with E-state index in [0.717, 1.165) is 22.9 Å². The highest BCUT2D eigenvalue weighted by Crippen LogP contribution is 2.37. The number of hydrogen-bond acceptors (Lipinski definition) is 3. The molecule has 1 unspecified atom stereocenters. The van der Waals surface area contributed by atoms with E-state index in [1.165, 1.54) is 12.1 Å². The minimum absolute atomic E-state index is 0.419. The highest BCUT2D eigenvalue weighted by Gasteiger charge is 2.38. The topological polar surface area (TPSA) is 34.1 Å². The number of rotatable bonds is 8.